The summed E-state index contributed by atoms with van der Waals surface area (Å²) in [5, 5.41) is 1.00. The van der Waals surface area contributed by atoms with Crippen LogP contribution in [0.1, 0.15) is 12.6 Å². The third-order valence-electron chi connectivity index (χ3n) is 2.25. The second-order valence-corrected chi connectivity index (χ2v) is 3.94. The van der Waals surface area contributed by atoms with Crippen LogP contribution in [0, 0.1) is 6.92 Å². The topological polar surface area (TPSA) is 61.3 Å². The average Bonchev–Trinajstić information content (AvgIpc) is 2.34. The van der Waals surface area contributed by atoms with Gasteiger partial charge in [-0.1, -0.05) is 11.6 Å². The summed E-state index contributed by atoms with van der Waals surface area (Å²) in [7, 11) is 0. The van der Waals surface area contributed by atoms with Crippen LogP contribution in [-0.2, 0) is 4.74 Å². The Morgan fingerprint density at radius 3 is 2.89 bits per heavy atom. The molecule has 94 valence electrons. The Labute approximate surface area is 109 Å². The van der Waals surface area contributed by atoms with Crippen molar-refractivity contribution in [2.45, 2.75) is 13.8 Å². The summed E-state index contributed by atoms with van der Waals surface area (Å²) in [6.45, 7) is 3.77. The fourth-order valence-corrected chi connectivity index (χ4v) is 1.70. The van der Waals surface area contributed by atoms with Crippen LogP contribution in [0.15, 0.2) is 18.5 Å². The van der Waals surface area contributed by atoms with Crippen molar-refractivity contribution < 1.29 is 14.3 Å². The van der Waals surface area contributed by atoms with Crippen molar-refractivity contribution in [3.63, 3.8) is 0 Å². The minimum atomic E-state index is -0.800. The molecule has 0 spiro atoms. The highest BCUT2D eigenvalue weighted by atomic mass is 35.5. The Kier molecular flexibility index (Phi) is 3.62. The molecule has 2 rings (SSSR count). The van der Waals surface area contributed by atoms with E-state index in [4.69, 9.17) is 16.3 Å². The lowest BCUT2D eigenvalue weighted by Gasteiger charge is -2.07. The number of hydrogen-bond donors (Lipinski definition) is 0. The van der Waals surface area contributed by atoms with Gasteiger partial charge in [-0.3, -0.25) is 9.97 Å². The van der Waals surface area contributed by atoms with Gasteiger partial charge in [0, 0.05) is 11.1 Å². The van der Waals surface area contributed by atoms with E-state index in [9.17, 15) is 4.79 Å². The fourth-order valence-electron chi connectivity index (χ4n) is 1.46. The van der Waals surface area contributed by atoms with Crippen LogP contribution in [0.5, 0.6) is 5.75 Å². The molecule has 0 bridgehead atoms. The first kappa shape index (κ1) is 12.6. The number of fused-ring (bicyclic) bond motifs is 1. The maximum atomic E-state index is 11.2. The number of halogens is 1. The molecule has 0 saturated heterocycles. The molecule has 0 radical (unpaired) electrons. The molecular formula is C12H11ClN2O3. The average molecular weight is 267 g/mol. The Bertz CT molecular complexity index is 601. The van der Waals surface area contributed by atoms with E-state index >= 15 is 0 Å². The molecule has 6 heteroatoms. The van der Waals surface area contributed by atoms with Gasteiger partial charge < -0.3 is 9.47 Å². The van der Waals surface area contributed by atoms with Gasteiger partial charge in [0.15, 0.2) is 5.75 Å². The summed E-state index contributed by atoms with van der Waals surface area (Å²) in [6, 6.07) is 1.78. The molecule has 0 fully saturated rings. The fraction of sp³-hybridized carbons (Fsp3) is 0.250. The number of ether oxygens (including phenoxy) is 2. The summed E-state index contributed by atoms with van der Waals surface area (Å²) in [6.07, 6.45) is 2.19. The second kappa shape index (κ2) is 5.18. The standard InChI is InChI=1S/C12H11ClN2O3/c1-3-17-12(16)18-10-6-15-9-5-14-7(2)4-8(9)11(10)13/h4-6H,3H2,1-2H3. The number of carbonyl (C=O) groups excluding carboxylic acids is 1. The first-order valence-electron chi connectivity index (χ1n) is 5.37. The zero-order valence-electron chi connectivity index (χ0n) is 9.94. The van der Waals surface area contributed by atoms with Crippen molar-refractivity contribution in [1.29, 1.82) is 0 Å². The number of rotatable bonds is 2. The van der Waals surface area contributed by atoms with Gasteiger partial charge in [0.2, 0.25) is 0 Å². The zero-order valence-corrected chi connectivity index (χ0v) is 10.7. The summed E-state index contributed by atoms with van der Waals surface area (Å²) in [5.41, 5.74) is 1.45. The third-order valence-corrected chi connectivity index (χ3v) is 2.64. The molecule has 0 atom stereocenters. The first-order valence-corrected chi connectivity index (χ1v) is 5.75. The zero-order chi connectivity index (χ0) is 13.1. The molecule has 2 heterocycles. The lowest BCUT2D eigenvalue weighted by atomic mass is 10.2. The summed E-state index contributed by atoms with van der Waals surface area (Å²) in [4.78, 5) is 19.5. The van der Waals surface area contributed by atoms with E-state index in [2.05, 4.69) is 14.7 Å². The SMILES string of the molecule is CCOC(=O)Oc1cnc2cnc(C)cc2c1Cl. The molecule has 0 aliphatic rings. The Balaban J connectivity index is 2.41. The predicted octanol–water partition coefficient (Wildman–Crippen LogP) is 3.13. The number of carbonyl (C=O) groups is 1. The molecule has 0 N–H and O–H groups in total. The van der Waals surface area contributed by atoms with Gasteiger partial charge in [0.25, 0.3) is 0 Å². The normalized spacial score (nSPS) is 10.4. The van der Waals surface area contributed by atoms with Gasteiger partial charge >= 0.3 is 6.16 Å². The van der Waals surface area contributed by atoms with Crippen LogP contribution in [0.4, 0.5) is 4.79 Å². The maximum Gasteiger partial charge on any atom is 0.513 e. The van der Waals surface area contributed by atoms with Crippen LogP contribution in [0.25, 0.3) is 10.9 Å². The summed E-state index contributed by atoms with van der Waals surface area (Å²) in [5.74, 6) is 0.174. The van der Waals surface area contributed by atoms with Crippen LogP contribution in [-0.4, -0.2) is 22.7 Å². The Hall–Kier alpha value is -1.88. The van der Waals surface area contributed by atoms with E-state index in [1.165, 1.54) is 6.20 Å². The summed E-state index contributed by atoms with van der Waals surface area (Å²) >= 11 is 6.16. The van der Waals surface area contributed by atoms with Crippen LogP contribution in [0.2, 0.25) is 5.02 Å². The molecule has 0 aromatic carbocycles. The van der Waals surface area contributed by atoms with E-state index in [1.54, 1.807) is 19.2 Å². The number of hydrogen-bond acceptors (Lipinski definition) is 5. The smallest absolute Gasteiger partial charge is 0.434 e. The quantitative estimate of drug-likeness (QED) is 0.782. The van der Waals surface area contributed by atoms with E-state index in [0.717, 1.165) is 5.69 Å². The van der Waals surface area contributed by atoms with Gasteiger partial charge in [0.05, 0.1) is 29.5 Å². The maximum absolute atomic E-state index is 11.2. The first-order chi connectivity index (χ1) is 8.61. The highest BCUT2D eigenvalue weighted by molar-refractivity contribution is 6.36. The van der Waals surface area contributed by atoms with Crippen LogP contribution < -0.4 is 4.74 Å². The van der Waals surface area contributed by atoms with E-state index in [0.29, 0.717) is 15.9 Å². The molecule has 0 aliphatic carbocycles. The van der Waals surface area contributed by atoms with Gasteiger partial charge in [-0.25, -0.2) is 4.79 Å². The number of aryl methyl sites for hydroxylation is 1. The van der Waals surface area contributed by atoms with Gasteiger partial charge in [-0.2, -0.15) is 0 Å². The number of nitrogens with zero attached hydrogens (tertiary/aromatic N) is 2. The molecule has 0 saturated carbocycles. The molecule has 2 aromatic heterocycles. The van der Waals surface area contributed by atoms with Crippen molar-refractivity contribution in [2.24, 2.45) is 0 Å². The number of aromatic nitrogens is 2. The monoisotopic (exact) mass is 266 g/mol. The molecule has 5 nitrogen and oxygen atoms in total. The Morgan fingerprint density at radius 1 is 1.39 bits per heavy atom. The largest absolute Gasteiger partial charge is 0.513 e. The molecule has 0 amide bonds. The lowest BCUT2D eigenvalue weighted by Crippen LogP contribution is -2.10. The highest BCUT2D eigenvalue weighted by Gasteiger charge is 2.13. The van der Waals surface area contributed by atoms with Crippen molar-refractivity contribution in [2.75, 3.05) is 6.61 Å². The van der Waals surface area contributed by atoms with Crippen molar-refractivity contribution in [1.82, 2.24) is 9.97 Å². The molecule has 18 heavy (non-hydrogen) atoms. The van der Waals surface area contributed by atoms with E-state index in [1.807, 2.05) is 6.92 Å². The van der Waals surface area contributed by atoms with Gasteiger partial charge in [-0.05, 0) is 19.9 Å². The third kappa shape index (κ3) is 2.51. The lowest BCUT2D eigenvalue weighted by molar-refractivity contribution is 0.104. The number of pyridine rings is 2. The molecular weight excluding hydrogens is 256 g/mol. The molecule has 0 aliphatic heterocycles. The van der Waals surface area contributed by atoms with Gasteiger partial charge in [-0.15, -0.1) is 0 Å². The van der Waals surface area contributed by atoms with Crippen molar-refractivity contribution >= 4 is 28.7 Å². The van der Waals surface area contributed by atoms with Crippen molar-refractivity contribution in [3.8, 4) is 5.75 Å². The minimum absolute atomic E-state index is 0.174. The predicted molar refractivity (Wildman–Crippen MR) is 66.9 cm³/mol. The highest BCUT2D eigenvalue weighted by Crippen LogP contribution is 2.31. The van der Waals surface area contributed by atoms with Crippen molar-refractivity contribution in [3.05, 3.63) is 29.2 Å². The molecule has 0 unspecified atom stereocenters. The minimum Gasteiger partial charge on any atom is -0.434 e. The Morgan fingerprint density at radius 2 is 2.17 bits per heavy atom. The van der Waals surface area contributed by atoms with E-state index < -0.39 is 6.16 Å². The summed E-state index contributed by atoms with van der Waals surface area (Å²) < 4.78 is 9.63. The second-order valence-electron chi connectivity index (χ2n) is 3.56. The molecule has 2 aromatic rings. The van der Waals surface area contributed by atoms with Gasteiger partial charge in [0.1, 0.15) is 0 Å². The van der Waals surface area contributed by atoms with Crippen LogP contribution in [0.3, 0.4) is 0 Å². The van der Waals surface area contributed by atoms with Crippen LogP contribution >= 0.6 is 11.6 Å². The van der Waals surface area contributed by atoms with E-state index in [-0.39, 0.29) is 12.4 Å².